The summed E-state index contributed by atoms with van der Waals surface area (Å²) >= 11 is 0. The van der Waals surface area contributed by atoms with Gasteiger partial charge in [-0.1, -0.05) is 0 Å². The summed E-state index contributed by atoms with van der Waals surface area (Å²) in [6, 6.07) is 3.84. The quantitative estimate of drug-likeness (QED) is 0.388. The number of carbonyl (C=O) groups excluding carboxylic acids is 1. The molecule has 1 atom stereocenters. The molecule has 4 aromatic rings. The van der Waals surface area contributed by atoms with Gasteiger partial charge in [-0.05, 0) is 26.0 Å². The number of nitrogens with one attached hydrogen (secondary N) is 2. The summed E-state index contributed by atoms with van der Waals surface area (Å²) in [6.07, 6.45) is 10.1. The number of rotatable bonds is 5. The number of morpholine rings is 1. The molecule has 2 aliphatic rings. The van der Waals surface area contributed by atoms with E-state index in [1.807, 2.05) is 22.7 Å². The van der Waals surface area contributed by atoms with E-state index in [0.717, 1.165) is 23.5 Å². The maximum absolute atomic E-state index is 12.8. The van der Waals surface area contributed by atoms with Crippen molar-refractivity contribution < 1.29 is 14.6 Å². The molecule has 6 heterocycles. The molecule has 11 nitrogen and oxygen atoms in total. The third-order valence-corrected chi connectivity index (χ3v) is 6.62. The van der Waals surface area contributed by atoms with Crippen LogP contribution in [0.3, 0.4) is 0 Å². The Morgan fingerprint density at radius 3 is 2.86 bits per heavy atom. The number of hydrogen-bond acceptors (Lipinski definition) is 9. The van der Waals surface area contributed by atoms with E-state index in [1.165, 1.54) is 0 Å². The van der Waals surface area contributed by atoms with Crippen molar-refractivity contribution in [2.24, 2.45) is 0 Å². The zero-order chi connectivity index (χ0) is 24.9. The van der Waals surface area contributed by atoms with Gasteiger partial charge in [-0.3, -0.25) is 19.2 Å². The molecule has 0 aliphatic carbocycles. The van der Waals surface area contributed by atoms with Gasteiger partial charge >= 0.3 is 0 Å². The van der Waals surface area contributed by atoms with E-state index in [9.17, 15) is 9.90 Å². The van der Waals surface area contributed by atoms with Crippen molar-refractivity contribution in [3.63, 3.8) is 0 Å². The molecule has 0 bridgehead atoms. The van der Waals surface area contributed by atoms with E-state index in [2.05, 4.69) is 35.5 Å². The Morgan fingerprint density at radius 1 is 1.17 bits per heavy atom. The average Bonchev–Trinajstić information content (AvgIpc) is 3.49. The Balaban J connectivity index is 1.27. The molecule has 184 valence electrons. The van der Waals surface area contributed by atoms with Crippen molar-refractivity contribution in [3.8, 4) is 11.4 Å². The number of anilines is 3. The summed E-state index contributed by atoms with van der Waals surface area (Å²) in [4.78, 5) is 32.7. The Hall–Kier alpha value is -4.09. The van der Waals surface area contributed by atoms with Gasteiger partial charge in [0.25, 0.3) is 5.91 Å². The predicted molar refractivity (Wildman–Crippen MR) is 133 cm³/mol. The van der Waals surface area contributed by atoms with E-state index in [1.54, 1.807) is 44.8 Å². The maximum atomic E-state index is 12.8. The van der Waals surface area contributed by atoms with Crippen LogP contribution in [-0.4, -0.2) is 66.8 Å². The highest BCUT2D eigenvalue weighted by atomic mass is 16.5. The highest BCUT2D eigenvalue weighted by Crippen LogP contribution is 2.33. The van der Waals surface area contributed by atoms with Gasteiger partial charge < -0.3 is 25.4 Å². The van der Waals surface area contributed by atoms with Gasteiger partial charge in [0.2, 0.25) is 0 Å². The number of aliphatic hydroxyl groups is 1. The van der Waals surface area contributed by atoms with E-state index in [4.69, 9.17) is 4.74 Å². The normalized spacial score (nSPS) is 17.8. The minimum atomic E-state index is -0.923. The molecular formula is C25H26N8O3. The first-order valence-corrected chi connectivity index (χ1v) is 11.8. The number of fused-ring (bicyclic) bond motifs is 2. The van der Waals surface area contributed by atoms with Crippen molar-refractivity contribution in [2.45, 2.75) is 32.1 Å². The summed E-state index contributed by atoms with van der Waals surface area (Å²) in [7, 11) is 0. The van der Waals surface area contributed by atoms with Crippen LogP contribution in [0.2, 0.25) is 0 Å². The molecule has 36 heavy (non-hydrogen) atoms. The van der Waals surface area contributed by atoms with Gasteiger partial charge in [-0.25, -0.2) is 9.97 Å². The van der Waals surface area contributed by atoms with Gasteiger partial charge in [0.15, 0.2) is 5.65 Å². The van der Waals surface area contributed by atoms with Crippen molar-refractivity contribution in [2.75, 3.05) is 29.9 Å². The summed E-state index contributed by atoms with van der Waals surface area (Å²) in [5.74, 6) is 0.442. The fourth-order valence-electron chi connectivity index (χ4n) is 4.67. The molecule has 0 spiro atoms. The molecule has 3 N–H and O–H groups in total. The molecule has 2 aliphatic heterocycles. The van der Waals surface area contributed by atoms with E-state index in [-0.39, 0.29) is 12.0 Å². The van der Waals surface area contributed by atoms with Crippen LogP contribution in [0.5, 0.6) is 0 Å². The number of carbonyl (C=O) groups is 1. The van der Waals surface area contributed by atoms with Gasteiger partial charge in [0.1, 0.15) is 11.9 Å². The number of nitrogens with zero attached hydrogens (tertiary/aromatic N) is 6. The molecule has 6 rings (SSSR count). The molecule has 0 aromatic carbocycles. The van der Waals surface area contributed by atoms with Crippen LogP contribution >= 0.6 is 0 Å². The molecule has 1 fully saturated rings. The van der Waals surface area contributed by atoms with Gasteiger partial charge in [0, 0.05) is 37.6 Å². The summed E-state index contributed by atoms with van der Waals surface area (Å²) in [5, 5.41) is 16.5. The third kappa shape index (κ3) is 3.91. The van der Waals surface area contributed by atoms with Crippen LogP contribution in [0.25, 0.3) is 17.0 Å². The third-order valence-electron chi connectivity index (χ3n) is 6.62. The second kappa shape index (κ2) is 8.54. The van der Waals surface area contributed by atoms with Crippen molar-refractivity contribution in [1.29, 1.82) is 0 Å². The van der Waals surface area contributed by atoms with E-state index in [0.29, 0.717) is 48.1 Å². The Labute approximate surface area is 207 Å². The Kier molecular flexibility index (Phi) is 5.31. The molecule has 1 saturated heterocycles. The fraction of sp³-hybridized carbons (Fsp3) is 0.320. The highest BCUT2D eigenvalue weighted by molar-refractivity contribution is 6.05. The van der Waals surface area contributed by atoms with Crippen LogP contribution in [-0.2, 0) is 11.3 Å². The van der Waals surface area contributed by atoms with Gasteiger partial charge in [-0.15, -0.1) is 0 Å². The number of imidazole rings is 1. The van der Waals surface area contributed by atoms with Crippen LogP contribution in [0.15, 0.2) is 49.3 Å². The lowest BCUT2D eigenvalue weighted by atomic mass is 10.00. The van der Waals surface area contributed by atoms with Gasteiger partial charge in [-0.2, -0.15) is 0 Å². The second-order valence-corrected chi connectivity index (χ2v) is 9.49. The first-order chi connectivity index (χ1) is 17.4. The van der Waals surface area contributed by atoms with Crippen LogP contribution in [0.1, 0.15) is 29.8 Å². The maximum Gasteiger partial charge on any atom is 0.254 e. The molecule has 11 heteroatoms. The number of hydrogen-bond donors (Lipinski definition) is 3. The van der Waals surface area contributed by atoms with E-state index < -0.39 is 5.60 Å². The van der Waals surface area contributed by atoms with Crippen molar-refractivity contribution >= 4 is 28.7 Å². The molecule has 1 amide bonds. The number of aromatic nitrogens is 5. The second-order valence-electron chi connectivity index (χ2n) is 9.49. The lowest BCUT2D eigenvalue weighted by Crippen LogP contribution is -2.52. The minimum Gasteiger partial charge on any atom is -0.388 e. The summed E-state index contributed by atoms with van der Waals surface area (Å²) in [5.41, 5.74) is 4.18. The van der Waals surface area contributed by atoms with Crippen molar-refractivity contribution in [3.05, 3.63) is 60.4 Å². The summed E-state index contributed by atoms with van der Waals surface area (Å²) < 4.78 is 7.63. The Bertz CT molecular complexity index is 1440. The fourth-order valence-corrected chi connectivity index (χ4v) is 4.67. The topological polar surface area (TPSA) is 130 Å². The zero-order valence-corrected chi connectivity index (χ0v) is 20.0. The smallest absolute Gasteiger partial charge is 0.254 e. The first kappa shape index (κ1) is 22.4. The average molecular weight is 487 g/mol. The molecular weight excluding hydrogens is 460 g/mol. The Morgan fingerprint density at radius 2 is 2.06 bits per heavy atom. The zero-order valence-electron chi connectivity index (χ0n) is 20.0. The summed E-state index contributed by atoms with van der Waals surface area (Å²) in [6.45, 7) is 5.74. The standard InChI is InChI=1S/C25H26N8O3/c1-25(2,35)19-14-32(7-8-36-19)15-3-4-20(27-9-15)31-17-11-29-23(16-10-30-24(34)22(16)17)18-12-28-21-13-26-5-6-33(18)21/h3-6,9,11-13,19,35H,7-8,10,14H2,1-2H3,(H,27,31)(H,30,34)/t19-/m1/s1. The number of amides is 1. The largest absolute Gasteiger partial charge is 0.388 e. The highest BCUT2D eigenvalue weighted by Gasteiger charge is 2.33. The van der Waals surface area contributed by atoms with Crippen LogP contribution < -0.4 is 15.5 Å². The lowest BCUT2D eigenvalue weighted by molar-refractivity contribution is -0.0928. The predicted octanol–water partition coefficient (Wildman–Crippen LogP) is 2.15. The van der Waals surface area contributed by atoms with Crippen LogP contribution in [0, 0.1) is 0 Å². The molecule has 4 aromatic heterocycles. The van der Waals surface area contributed by atoms with Crippen molar-refractivity contribution in [1.82, 2.24) is 29.7 Å². The number of ether oxygens (including phenoxy) is 1. The SMILES string of the molecule is CC(C)(O)[C@H]1CN(c2ccc(Nc3cnc(-c4cnc5cnccn45)c4c3C(=O)NC4)nc2)CCO1. The molecule has 0 unspecified atom stereocenters. The van der Waals surface area contributed by atoms with Gasteiger partial charge in [0.05, 0.1) is 65.3 Å². The molecule has 0 radical (unpaired) electrons. The minimum absolute atomic E-state index is 0.158. The van der Waals surface area contributed by atoms with Crippen LogP contribution in [0.4, 0.5) is 17.2 Å². The lowest BCUT2D eigenvalue weighted by Gasteiger charge is -2.39. The molecule has 0 saturated carbocycles. The monoisotopic (exact) mass is 486 g/mol. The number of pyridine rings is 2. The van der Waals surface area contributed by atoms with E-state index >= 15 is 0 Å². The first-order valence-electron chi connectivity index (χ1n) is 11.8.